The van der Waals surface area contributed by atoms with Gasteiger partial charge in [0.1, 0.15) is 0 Å². The molecule has 0 unspecified atom stereocenters. The highest BCUT2D eigenvalue weighted by molar-refractivity contribution is 5.94. The van der Waals surface area contributed by atoms with Crippen LogP contribution < -0.4 is 5.32 Å². The second kappa shape index (κ2) is 4.77. The number of nitrogens with zero attached hydrogens (tertiary/aromatic N) is 1. The summed E-state index contributed by atoms with van der Waals surface area (Å²) < 4.78 is 0. The van der Waals surface area contributed by atoms with Crippen molar-refractivity contribution in [3.05, 3.63) is 35.4 Å². The Hall–Kier alpha value is -1.35. The van der Waals surface area contributed by atoms with E-state index in [0.717, 1.165) is 12.1 Å². The van der Waals surface area contributed by atoms with Crippen LogP contribution in [0.25, 0.3) is 0 Å². The number of hydrogen-bond acceptors (Lipinski definition) is 2. The zero-order chi connectivity index (χ0) is 10.6. The van der Waals surface area contributed by atoms with Gasteiger partial charge in [0.2, 0.25) is 0 Å². The number of carbonyl (C=O) groups excluding carboxylic acids is 1. The summed E-state index contributed by atoms with van der Waals surface area (Å²) in [7, 11) is 5.65. The second-order valence-electron chi connectivity index (χ2n) is 3.52. The van der Waals surface area contributed by atoms with Crippen LogP contribution in [0.1, 0.15) is 15.9 Å². The second-order valence-corrected chi connectivity index (χ2v) is 3.52. The highest BCUT2D eigenvalue weighted by Crippen LogP contribution is 2.06. The number of benzene rings is 1. The summed E-state index contributed by atoms with van der Waals surface area (Å²) in [5.74, 6) is -0.0365. The van der Waals surface area contributed by atoms with E-state index in [0.29, 0.717) is 5.56 Å². The summed E-state index contributed by atoms with van der Waals surface area (Å²) in [4.78, 5) is 13.4. The Balaban J connectivity index is 2.84. The summed E-state index contributed by atoms with van der Waals surface area (Å²) in [5, 5.41) is 2.61. The molecule has 0 fully saturated rings. The fraction of sp³-hybridized carbons (Fsp3) is 0.364. The molecule has 0 spiro atoms. The largest absolute Gasteiger partial charge is 0.355 e. The average molecular weight is 192 g/mol. The van der Waals surface area contributed by atoms with Crippen LogP contribution in [0.4, 0.5) is 0 Å². The molecule has 1 amide bonds. The van der Waals surface area contributed by atoms with Gasteiger partial charge in [0.05, 0.1) is 0 Å². The zero-order valence-electron chi connectivity index (χ0n) is 8.87. The maximum atomic E-state index is 11.3. The topological polar surface area (TPSA) is 32.3 Å². The fourth-order valence-electron chi connectivity index (χ4n) is 1.32. The normalized spacial score (nSPS) is 10.3. The molecule has 0 saturated carbocycles. The van der Waals surface area contributed by atoms with Crippen molar-refractivity contribution in [2.75, 3.05) is 21.1 Å². The molecule has 0 aliphatic heterocycles. The Bertz CT molecular complexity index is 321. The van der Waals surface area contributed by atoms with Crippen molar-refractivity contribution < 1.29 is 4.79 Å². The third-order valence-corrected chi connectivity index (χ3v) is 1.92. The van der Waals surface area contributed by atoms with Crippen molar-refractivity contribution in [2.24, 2.45) is 0 Å². The number of nitrogens with one attached hydrogen (secondary N) is 1. The molecule has 0 aromatic heterocycles. The van der Waals surface area contributed by atoms with Crippen LogP contribution in [0.3, 0.4) is 0 Å². The molecule has 0 atom stereocenters. The van der Waals surface area contributed by atoms with Gasteiger partial charge in [0, 0.05) is 19.2 Å². The lowest BCUT2D eigenvalue weighted by Gasteiger charge is -2.10. The van der Waals surface area contributed by atoms with Crippen LogP contribution in [0.5, 0.6) is 0 Å². The van der Waals surface area contributed by atoms with Gasteiger partial charge in [-0.05, 0) is 31.8 Å². The van der Waals surface area contributed by atoms with Gasteiger partial charge in [-0.2, -0.15) is 0 Å². The summed E-state index contributed by atoms with van der Waals surface area (Å²) in [6, 6.07) is 7.66. The molecular formula is C11H16N2O. The van der Waals surface area contributed by atoms with Crippen molar-refractivity contribution >= 4 is 5.91 Å². The lowest BCUT2D eigenvalue weighted by molar-refractivity contribution is 0.0963. The minimum absolute atomic E-state index is 0.0365. The Labute approximate surface area is 84.7 Å². The molecule has 0 bridgehead atoms. The van der Waals surface area contributed by atoms with E-state index in [2.05, 4.69) is 10.2 Å². The van der Waals surface area contributed by atoms with Gasteiger partial charge in [0.25, 0.3) is 5.91 Å². The molecule has 3 nitrogen and oxygen atoms in total. The molecule has 0 aliphatic rings. The van der Waals surface area contributed by atoms with Crippen LogP contribution in [0.2, 0.25) is 0 Å². The minimum atomic E-state index is -0.0365. The molecule has 0 radical (unpaired) electrons. The molecule has 1 aromatic carbocycles. The lowest BCUT2D eigenvalue weighted by atomic mass is 10.1. The molecule has 76 valence electrons. The maximum absolute atomic E-state index is 11.3. The van der Waals surface area contributed by atoms with Crippen molar-refractivity contribution in [3.63, 3.8) is 0 Å². The molecule has 1 rings (SSSR count). The molecule has 0 aliphatic carbocycles. The van der Waals surface area contributed by atoms with Crippen LogP contribution in [-0.2, 0) is 6.54 Å². The third-order valence-electron chi connectivity index (χ3n) is 1.92. The summed E-state index contributed by atoms with van der Waals surface area (Å²) in [6.45, 7) is 0.852. The first-order valence-electron chi connectivity index (χ1n) is 4.59. The summed E-state index contributed by atoms with van der Waals surface area (Å²) in [5.41, 5.74) is 1.86. The van der Waals surface area contributed by atoms with Gasteiger partial charge in [-0.1, -0.05) is 12.1 Å². The van der Waals surface area contributed by atoms with Crippen LogP contribution in [0.15, 0.2) is 24.3 Å². The first-order valence-corrected chi connectivity index (χ1v) is 4.59. The van der Waals surface area contributed by atoms with Gasteiger partial charge >= 0.3 is 0 Å². The van der Waals surface area contributed by atoms with Crippen molar-refractivity contribution in [3.8, 4) is 0 Å². The molecule has 0 saturated heterocycles. The van der Waals surface area contributed by atoms with E-state index in [1.807, 2.05) is 38.4 Å². The molecule has 3 heteroatoms. The van der Waals surface area contributed by atoms with Crippen LogP contribution >= 0.6 is 0 Å². The Morgan fingerprint density at radius 3 is 2.71 bits per heavy atom. The smallest absolute Gasteiger partial charge is 0.251 e. The van der Waals surface area contributed by atoms with Gasteiger partial charge in [-0.25, -0.2) is 0 Å². The van der Waals surface area contributed by atoms with E-state index in [4.69, 9.17) is 0 Å². The molecular weight excluding hydrogens is 176 g/mol. The molecule has 1 N–H and O–H groups in total. The number of hydrogen-bond donors (Lipinski definition) is 1. The first kappa shape index (κ1) is 10.7. The third kappa shape index (κ3) is 2.85. The van der Waals surface area contributed by atoms with E-state index in [1.165, 1.54) is 0 Å². The number of amides is 1. The standard InChI is InChI=1S/C11H16N2O/c1-12-11(14)10-6-4-5-9(7-10)8-13(2)3/h4-7H,8H2,1-3H3,(H,12,14). The van der Waals surface area contributed by atoms with Crippen LogP contribution in [0, 0.1) is 0 Å². The van der Waals surface area contributed by atoms with Gasteiger partial charge in [-0.15, -0.1) is 0 Å². The van der Waals surface area contributed by atoms with Crippen molar-refractivity contribution in [1.29, 1.82) is 0 Å². The molecule has 14 heavy (non-hydrogen) atoms. The van der Waals surface area contributed by atoms with Gasteiger partial charge < -0.3 is 10.2 Å². The van der Waals surface area contributed by atoms with E-state index in [9.17, 15) is 4.79 Å². The van der Waals surface area contributed by atoms with Crippen molar-refractivity contribution in [2.45, 2.75) is 6.54 Å². The van der Waals surface area contributed by atoms with Gasteiger partial charge in [0.15, 0.2) is 0 Å². The predicted molar refractivity (Wildman–Crippen MR) is 57.2 cm³/mol. The fourth-order valence-corrected chi connectivity index (χ4v) is 1.32. The van der Waals surface area contributed by atoms with E-state index in [-0.39, 0.29) is 5.91 Å². The Kier molecular flexibility index (Phi) is 3.65. The van der Waals surface area contributed by atoms with E-state index >= 15 is 0 Å². The highest BCUT2D eigenvalue weighted by atomic mass is 16.1. The van der Waals surface area contributed by atoms with Crippen LogP contribution in [-0.4, -0.2) is 32.0 Å². The minimum Gasteiger partial charge on any atom is -0.355 e. The first-order chi connectivity index (χ1) is 6.63. The van der Waals surface area contributed by atoms with Crippen molar-refractivity contribution in [1.82, 2.24) is 10.2 Å². The predicted octanol–water partition coefficient (Wildman–Crippen LogP) is 1.11. The number of rotatable bonds is 3. The Morgan fingerprint density at radius 1 is 1.43 bits per heavy atom. The molecule has 0 heterocycles. The quantitative estimate of drug-likeness (QED) is 0.778. The highest BCUT2D eigenvalue weighted by Gasteiger charge is 2.03. The van der Waals surface area contributed by atoms with E-state index < -0.39 is 0 Å². The van der Waals surface area contributed by atoms with E-state index in [1.54, 1.807) is 7.05 Å². The monoisotopic (exact) mass is 192 g/mol. The van der Waals surface area contributed by atoms with Gasteiger partial charge in [-0.3, -0.25) is 4.79 Å². The Morgan fingerprint density at radius 2 is 2.14 bits per heavy atom. The maximum Gasteiger partial charge on any atom is 0.251 e. The lowest BCUT2D eigenvalue weighted by Crippen LogP contribution is -2.18. The molecule has 1 aromatic rings. The SMILES string of the molecule is CNC(=O)c1cccc(CN(C)C)c1. The summed E-state index contributed by atoms with van der Waals surface area (Å²) >= 11 is 0. The number of carbonyl (C=O) groups is 1. The summed E-state index contributed by atoms with van der Waals surface area (Å²) in [6.07, 6.45) is 0. The average Bonchev–Trinajstić information content (AvgIpc) is 2.16. The zero-order valence-corrected chi connectivity index (χ0v) is 8.87.